The van der Waals surface area contributed by atoms with E-state index in [2.05, 4.69) is 29.9 Å². The number of carbonyl (C=O) groups excluding carboxylic acids is 2. The van der Waals surface area contributed by atoms with Crippen LogP contribution in [0.3, 0.4) is 0 Å². The first-order chi connectivity index (χ1) is 20.4. The number of aliphatic imine (C=N–C) groups is 1. The summed E-state index contributed by atoms with van der Waals surface area (Å²) in [5.41, 5.74) is 6.81. The maximum absolute atomic E-state index is 13.1. The van der Waals surface area contributed by atoms with Crippen molar-refractivity contribution in [2.75, 3.05) is 24.3 Å². The number of fused-ring (bicyclic) bond motifs is 2. The van der Waals surface area contributed by atoms with Gasteiger partial charge in [-0.15, -0.1) is 49.9 Å². The lowest BCUT2D eigenvalue weighted by Gasteiger charge is -2.49. The van der Waals surface area contributed by atoms with E-state index in [0.29, 0.717) is 17.1 Å². The summed E-state index contributed by atoms with van der Waals surface area (Å²) in [6.45, 7) is 0. The molecule has 0 aromatic carbocycles. The van der Waals surface area contributed by atoms with Crippen LogP contribution in [0.4, 0.5) is 5.13 Å². The van der Waals surface area contributed by atoms with E-state index in [4.69, 9.17) is 10.6 Å². The number of β-lactam (4-membered cyclic amide) rings is 1. The molecule has 2 unspecified atom stereocenters. The average molecular weight is 646 g/mol. The van der Waals surface area contributed by atoms with Gasteiger partial charge >= 0.3 is 5.97 Å². The number of rotatable bonds is 9. The molecule has 1 fully saturated rings. The molecular formula is C23H21N10O5S4+. The number of amides is 2. The predicted molar refractivity (Wildman–Crippen MR) is 160 cm³/mol. The summed E-state index contributed by atoms with van der Waals surface area (Å²) in [5.74, 6) is -0.978. The van der Waals surface area contributed by atoms with Crippen molar-refractivity contribution in [3.63, 3.8) is 0 Å². The van der Waals surface area contributed by atoms with Gasteiger partial charge in [-0.1, -0.05) is 5.16 Å². The lowest BCUT2D eigenvalue weighted by atomic mass is 10.0. The zero-order valence-corrected chi connectivity index (χ0v) is 24.8. The second kappa shape index (κ2) is 11.7. The van der Waals surface area contributed by atoms with Gasteiger partial charge in [-0.25, -0.2) is 4.79 Å². The standard InChI is InChI=1S/C23H20N10O5S4/c1-38-29-15(18-28-23(24)42-30-18)19(34)27-16-20(35)33-17(22(36)37)11(9-41-21(16)33)8-39-14-7-25-12(10-40-14)31-5-6-32-13(31)3-2-4-26-32/h2-7,10,14,16,21H,8-9H2,1H3,(H3-,24,27,28,30,34,36,37)/p+1/b29-15-/t14?,16-,21?/m1/s1. The van der Waals surface area contributed by atoms with Crippen LogP contribution in [0.5, 0.6) is 0 Å². The second-order valence-electron chi connectivity index (χ2n) is 8.76. The number of oxime groups is 1. The lowest BCUT2D eigenvalue weighted by molar-refractivity contribution is -0.553. The minimum atomic E-state index is -1.20. The Kier molecular flexibility index (Phi) is 7.88. The van der Waals surface area contributed by atoms with Crippen LogP contribution in [0.2, 0.25) is 0 Å². The normalized spacial score (nSPS) is 22.1. The molecule has 19 heteroatoms. The molecule has 6 heterocycles. The fourth-order valence-electron chi connectivity index (χ4n) is 4.41. The van der Waals surface area contributed by atoms with Crippen LogP contribution < -0.4 is 15.6 Å². The van der Waals surface area contributed by atoms with Gasteiger partial charge in [0.15, 0.2) is 5.13 Å². The second-order valence-corrected chi connectivity index (χ2v) is 13.1. The lowest BCUT2D eigenvalue weighted by Crippen LogP contribution is -2.71. The van der Waals surface area contributed by atoms with Crippen LogP contribution in [0, 0.1) is 0 Å². The van der Waals surface area contributed by atoms with Gasteiger partial charge < -0.3 is 21.0 Å². The SMILES string of the molecule is CO/N=C(\C(=O)N[C@@H]1C(=O)N2C(C(=O)O)=C(CSC3C=NC([n+]4ccn5ncccc54)=CS3)CSC12)c1nsc(N)n1. The summed E-state index contributed by atoms with van der Waals surface area (Å²) in [5, 5.41) is 22.1. The van der Waals surface area contributed by atoms with E-state index in [1.807, 2.05) is 40.7 Å². The molecule has 3 atom stereocenters. The first-order valence-corrected chi connectivity index (χ1v) is 15.9. The first kappa shape index (κ1) is 28.2. The van der Waals surface area contributed by atoms with Crippen LogP contribution >= 0.6 is 46.8 Å². The number of carboxylic acids is 1. The number of thioether (sulfide) groups is 3. The highest BCUT2D eigenvalue weighted by Crippen LogP contribution is 2.42. The molecule has 3 aromatic rings. The van der Waals surface area contributed by atoms with Gasteiger partial charge in [-0.05, 0) is 11.6 Å². The highest BCUT2D eigenvalue weighted by atomic mass is 32.2. The molecule has 0 bridgehead atoms. The number of aliphatic carboxylic acids is 1. The third kappa shape index (κ3) is 5.23. The Bertz CT molecular complexity index is 1720. The molecule has 2 amide bonds. The summed E-state index contributed by atoms with van der Waals surface area (Å²) in [4.78, 5) is 52.8. The van der Waals surface area contributed by atoms with Gasteiger partial charge in [-0.2, -0.15) is 13.9 Å². The Morgan fingerprint density at radius 3 is 2.98 bits per heavy atom. The van der Waals surface area contributed by atoms with Crippen molar-refractivity contribution in [3.8, 4) is 0 Å². The maximum atomic E-state index is 13.1. The zero-order chi connectivity index (χ0) is 29.4. The molecular weight excluding hydrogens is 625 g/mol. The first-order valence-electron chi connectivity index (χ1n) is 12.1. The topological polar surface area (TPSA) is 194 Å². The molecule has 1 saturated heterocycles. The Hall–Kier alpha value is -3.94. The van der Waals surface area contributed by atoms with E-state index >= 15 is 0 Å². The Balaban J connectivity index is 1.10. The van der Waals surface area contributed by atoms with E-state index in [9.17, 15) is 19.5 Å². The fraction of sp³-hybridized carbons (Fsp3) is 0.261. The molecule has 3 aliphatic rings. The Morgan fingerprint density at radius 2 is 2.26 bits per heavy atom. The number of nitrogens with two attached hydrogens (primary N) is 1. The molecule has 6 rings (SSSR count). The quantitative estimate of drug-likeness (QED) is 0.126. The summed E-state index contributed by atoms with van der Waals surface area (Å²) < 4.78 is 7.61. The molecule has 0 radical (unpaired) electrons. The van der Waals surface area contributed by atoms with Crippen LogP contribution in [-0.2, 0) is 19.2 Å². The van der Waals surface area contributed by atoms with Gasteiger partial charge in [-0.3, -0.25) is 14.5 Å². The van der Waals surface area contributed by atoms with Gasteiger partial charge in [0.1, 0.15) is 47.4 Å². The van der Waals surface area contributed by atoms with E-state index in [0.717, 1.165) is 23.0 Å². The number of carbonyl (C=O) groups is 3. The van der Waals surface area contributed by atoms with Gasteiger partial charge in [0.25, 0.3) is 23.3 Å². The van der Waals surface area contributed by atoms with E-state index in [1.54, 1.807) is 22.5 Å². The van der Waals surface area contributed by atoms with Crippen LogP contribution in [0.15, 0.2) is 57.5 Å². The fourth-order valence-corrected chi connectivity index (χ4v) is 8.31. The minimum Gasteiger partial charge on any atom is -0.477 e. The number of imidazole rings is 1. The van der Waals surface area contributed by atoms with E-state index < -0.39 is 29.2 Å². The van der Waals surface area contributed by atoms with E-state index in [-0.39, 0.29) is 26.9 Å². The molecule has 4 N–H and O–H groups in total. The number of nitrogen functional groups attached to an aromatic ring is 1. The summed E-state index contributed by atoms with van der Waals surface area (Å²) in [6.07, 6.45) is 7.26. The average Bonchev–Trinajstić information content (AvgIpc) is 3.63. The number of hydrogen-bond acceptors (Lipinski definition) is 14. The third-order valence-corrected chi connectivity index (χ3v) is 10.6. The molecule has 3 aliphatic heterocycles. The molecule has 0 saturated carbocycles. The summed E-state index contributed by atoms with van der Waals surface area (Å²) >= 11 is 5.35. The molecule has 0 aliphatic carbocycles. The van der Waals surface area contributed by atoms with Crippen LogP contribution in [0.1, 0.15) is 5.82 Å². The number of nitrogens with zero attached hydrogens (tertiary/aromatic N) is 8. The Morgan fingerprint density at radius 1 is 1.40 bits per heavy atom. The molecule has 42 heavy (non-hydrogen) atoms. The predicted octanol–water partition coefficient (Wildman–Crippen LogP) is 0.478. The van der Waals surface area contributed by atoms with Crippen molar-refractivity contribution in [3.05, 3.63) is 53.2 Å². The van der Waals surface area contributed by atoms with Crippen molar-refractivity contribution in [2.24, 2.45) is 10.1 Å². The van der Waals surface area contributed by atoms with Crippen LogP contribution in [0.25, 0.3) is 11.5 Å². The number of aromatic nitrogens is 5. The molecule has 0 spiro atoms. The third-order valence-electron chi connectivity index (χ3n) is 6.25. The van der Waals surface area contributed by atoms with Gasteiger partial charge in [0.05, 0.1) is 6.20 Å². The highest BCUT2D eigenvalue weighted by molar-refractivity contribution is 8.19. The van der Waals surface area contributed by atoms with Crippen molar-refractivity contribution >= 4 is 93.1 Å². The largest absolute Gasteiger partial charge is 0.477 e. The number of anilines is 1. The highest BCUT2D eigenvalue weighted by Gasteiger charge is 2.54. The Labute approximate surface area is 254 Å². The zero-order valence-electron chi connectivity index (χ0n) is 21.6. The molecule has 216 valence electrons. The molecule has 15 nitrogen and oxygen atoms in total. The van der Waals surface area contributed by atoms with Crippen molar-refractivity contribution in [1.29, 1.82) is 0 Å². The van der Waals surface area contributed by atoms with Gasteiger partial charge in [0.2, 0.25) is 11.5 Å². The maximum Gasteiger partial charge on any atom is 0.352 e. The number of nitrogens with one attached hydrogen (secondary N) is 1. The smallest absolute Gasteiger partial charge is 0.352 e. The van der Waals surface area contributed by atoms with Crippen molar-refractivity contribution < 1.29 is 28.9 Å². The monoisotopic (exact) mass is 645 g/mol. The minimum absolute atomic E-state index is 0.0362. The van der Waals surface area contributed by atoms with Crippen molar-refractivity contribution in [2.45, 2.75) is 16.0 Å². The summed E-state index contributed by atoms with van der Waals surface area (Å²) in [6, 6.07) is 2.84. The number of hydrogen-bond donors (Lipinski definition) is 3. The molecule has 3 aromatic heterocycles. The van der Waals surface area contributed by atoms with Gasteiger partial charge in [0, 0.05) is 34.5 Å². The van der Waals surface area contributed by atoms with Crippen molar-refractivity contribution in [1.82, 2.24) is 29.2 Å². The summed E-state index contributed by atoms with van der Waals surface area (Å²) in [7, 11) is 1.26. The van der Waals surface area contributed by atoms with Crippen LogP contribution in [-0.4, -0.2) is 93.3 Å². The van der Waals surface area contributed by atoms with E-state index in [1.165, 1.54) is 35.5 Å². The number of carboxylic acid groups (broad SMARTS) is 1.